The SMILES string of the molecule is CCNc1nnc(-c2ccc(N)c(Br)c2)n1CC. The second kappa shape index (κ2) is 5.39. The second-order valence-corrected chi connectivity index (χ2v) is 4.71. The number of benzene rings is 1. The van der Waals surface area contributed by atoms with E-state index in [4.69, 9.17) is 5.73 Å². The number of nitrogens with two attached hydrogens (primary N) is 1. The Balaban J connectivity index is 2.46. The molecule has 0 aliphatic heterocycles. The number of halogens is 1. The molecule has 0 amide bonds. The maximum absolute atomic E-state index is 5.79. The molecule has 0 atom stereocenters. The normalized spacial score (nSPS) is 10.6. The molecule has 0 saturated heterocycles. The zero-order valence-corrected chi connectivity index (χ0v) is 12.0. The van der Waals surface area contributed by atoms with E-state index in [1.165, 1.54) is 0 Å². The first-order valence-electron chi connectivity index (χ1n) is 5.89. The standard InChI is InChI=1S/C12H16BrN5/c1-3-15-12-17-16-11(18(12)4-2)8-5-6-10(14)9(13)7-8/h5-7H,3-4,14H2,1-2H3,(H,15,17). The molecule has 0 fully saturated rings. The topological polar surface area (TPSA) is 68.8 Å². The lowest BCUT2D eigenvalue weighted by Crippen LogP contribution is -2.06. The summed E-state index contributed by atoms with van der Waals surface area (Å²) in [7, 11) is 0. The Bertz CT molecular complexity index is 549. The van der Waals surface area contributed by atoms with E-state index in [2.05, 4.69) is 38.4 Å². The smallest absolute Gasteiger partial charge is 0.224 e. The molecule has 0 unspecified atom stereocenters. The van der Waals surface area contributed by atoms with Gasteiger partial charge in [-0.05, 0) is 48.0 Å². The molecule has 96 valence electrons. The molecule has 18 heavy (non-hydrogen) atoms. The maximum Gasteiger partial charge on any atom is 0.224 e. The highest BCUT2D eigenvalue weighted by molar-refractivity contribution is 9.10. The van der Waals surface area contributed by atoms with Crippen molar-refractivity contribution in [2.75, 3.05) is 17.6 Å². The molecule has 3 N–H and O–H groups in total. The first-order chi connectivity index (χ1) is 8.67. The van der Waals surface area contributed by atoms with Gasteiger partial charge in [0, 0.05) is 28.8 Å². The molecule has 2 rings (SSSR count). The zero-order valence-electron chi connectivity index (χ0n) is 10.4. The molecule has 6 heteroatoms. The average Bonchev–Trinajstić information content (AvgIpc) is 2.76. The van der Waals surface area contributed by atoms with Gasteiger partial charge in [-0.1, -0.05) is 0 Å². The van der Waals surface area contributed by atoms with Crippen molar-refractivity contribution in [2.24, 2.45) is 0 Å². The van der Waals surface area contributed by atoms with Gasteiger partial charge in [-0.2, -0.15) is 0 Å². The molecule has 0 aliphatic carbocycles. The lowest BCUT2D eigenvalue weighted by molar-refractivity contribution is 0.770. The number of nitrogens with one attached hydrogen (secondary N) is 1. The molecule has 5 nitrogen and oxygen atoms in total. The second-order valence-electron chi connectivity index (χ2n) is 3.86. The van der Waals surface area contributed by atoms with Crippen molar-refractivity contribution in [2.45, 2.75) is 20.4 Å². The summed E-state index contributed by atoms with van der Waals surface area (Å²) in [6.07, 6.45) is 0. The van der Waals surface area contributed by atoms with Crippen LogP contribution in [0, 0.1) is 0 Å². The van der Waals surface area contributed by atoms with Gasteiger partial charge in [-0.15, -0.1) is 10.2 Å². The summed E-state index contributed by atoms with van der Waals surface area (Å²) < 4.78 is 2.91. The average molecular weight is 310 g/mol. The summed E-state index contributed by atoms with van der Waals surface area (Å²) in [5.74, 6) is 1.64. The van der Waals surface area contributed by atoms with Gasteiger partial charge in [0.15, 0.2) is 5.82 Å². The highest BCUT2D eigenvalue weighted by Crippen LogP contribution is 2.27. The molecule has 2 aromatic rings. The van der Waals surface area contributed by atoms with Crippen LogP contribution in [-0.2, 0) is 6.54 Å². The Morgan fingerprint density at radius 1 is 1.33 bits per heavy atom. The first kappa shape index (κ1) is 12.9. The van der Waals surface area contributed by atoms with Crippen LogP contribution < -0.4 is 11.1 Å². The van der Waals surface area contributed by atoms with E-state index < -0.39 is 0 Å². The van der Waals surface area contributed by atoms with Gasteiger partial charge in [0.1, 0.15) is 0 Å². The van der Waals surface area contributed by atoms with Gasteiger partial charge in [0.25, 0.3) is 0 Å². The predicted molar refractivity (Wildman–Crippen MR) is 77.4 cm³/mol. The lowest BCUT2D eigenvalue weighted by Gasteiger charge is -2.08. The molecular formula is C12H16BrN5. The molecular weight excluding hydrogens is 294 g/mol. The Kier molecular flexibility index (Phi) is 3.86. The van der Waals surface area contributed by atoms with E-state index in [-0.39, 0.29) is 0 Å². The highest BCUT2D eigenvalue weighted by Gasteiger charge is 2.12. The third-order valence-electron chi connectivity index (χ3n) is 2.66. The lowest BCUT2D eigenvalue weighted by atomic mass is 10.2. The molecule has 0 radical (unpaired) electrons. The van der Waals surface area contributed by atoms with Gasteiger partial charge < -0.3 is 11.1 Å². The van der Waals surface area contributed by atoms with Crippen LogP contribution in [0.15, 0.2) is 22.7 Å². The summed E-state index contributed by atoms with van der Waals surface area (Å²) in [6.45, 7) is 5.74. The van der Waals surface area contributed by atoms with E-state index in [0.717, 1.165) is 34.9 Å². The van der Waals surface area contributed by atoms with Crippen LogP contribution in [-0.4, -0.2) is 21.3 Å². The highest BCUT2D eigenvalue weighted by atomic mass is 79.9. The Morgan fingerprint density at radius 2 is 2.11 bits per heavy atom. The van der Waals surface area contributed by atoms with Crippen LogP contribution >= 0.6 is 15.9 Å². The molecule has 0 spiro atoms. The van der Waals surface area contributed by atoms with Crippen LogP contribution in [0.3, 0.4) is 0 Å². The first-order valence-corrected chi connectivity index (χ1v) is 6.69. The number of hydrogen-bond acceptors (Lipinski definition) is 4. The van der Waals surface area contributed by atoms with Crippen LogP contribution in [0.25, 0.3) is 11.4 Å². The van der Waals surface area contributed by atoms with Crippen molar-refractivity contribution in [1.29, 1.82) is 0 Å². The molecule has 1 aromatic heterocycles. The fraction of sp³-hybridized carbons (Fsp3) is 0.333. The third-order valence-corrected chi connectivity index (χ3v) is 3.35. The fourth-order valence-corrected chi connectivity index (χ4v) is 2.15. The van der Waals surface area contributed by atoms with Crippen molar-refractivity contribution in [3.8, 4) is 11.4 Å². The summed E-state index contributed by atoms with van der Waals surface area (Å²) in [4.78, 5) is 0. The monoisotopic (exact) mass is 309 g/mol. The largest absolute Gasteiger partial charge is 0.398 e. The molecule has 0 saturated carbocycles. The van der Waals surface area contributed by atoms with Crippen molar-refractivity contribution < 1.29 is 0 Å². The van der Waals surface area contributed by atoms with Gasteiger partial charge >= 0.3 is 0 Å². The minimum atomic E-state index is 0.716. The number of aromatic nitrogens is 3. The van der Waals surface area contributed by atoms with Gasteiger partial charge in [0.2, 0.25) is 5.95 Å². The summed E-state index contributed by atoms with van der Waals surface area (Å²) >= 11 is 3.43. The van der Waals surface area contributed by atoms with E-state index in [0.29, 0.717) is 5.69 Å². The van der Waals surface area contributed by atoms with Crippen molar-refractivity contribution in [3.63, 3.8) is 0 Å². The van der Waals surface area contributed by atoms with Crippen molar-refractivity contribution in [3.05, 3.63) is 22.7 Å². The quantitative estimate of drug-likeness (QED) is 0.852. The third kappa shape index (κ3) is 2.33. The van der Waals surface area contributed by atoms with Crippen LogP contribution in [0.5, 0.6) is 0 Å². The van der Waals surface area contributed by atoms with Crippen LogP contribution in [0.2, 0.25) is 0 Å². The summed E-state index contributed by atoms with van der Waals surface area (Å²) in [5, 5.41) is 11.6. The van der Waals surface area contributed by atoms with E-state index >= 15 is 0 Å². The number of anilines is 2. The Morgan fingerprint density at radius 3 is 2.72 bits per heavy atom. The Labute approximate surface area is 115 Å². The molecule has 0 aliphatic rings. The van der Waals surface area contributed by atoms with Crippen LogP contribution in [0.4, 0.5) is 11.6 Å². The minimum Gasteiger partial charge on any atom is -0.398 e. The van der Waals surface area contributed by atoms with E-state index in [1.807, 2.05) is 29.7 Å². The number of nitrogens with zero attached hydrogens (tertiary/aromatic N) is 3. The molecule has 1 heterocycles. The molecule has 0 bridgehead atoms. The van der Waals surface area contributed by atoms with Crippen molar-refractivity contribution >= 4 is 27.6 Å². The van der Waals surface area contributed by atoms with Crippen LogP contribution in [0.1, 0.15) is 13.8 Å². The summed E-state index contributed by atoms with van der Waals surface area (Å²) in [6, 6.07) is 5.77. The molecule has 1 aromatic carbocycles. The zero-order chi connectivity index (χ0) is 13.1. The summed E-state index contributed by atoms with van der Waals surface area (Å²) in [5.41, 5.74) is 7.50. The maximum atomic E-state index is 5.79. The van der Waals surface area contributed by atoms with Crippen molar-refractivity contribution in [1.82, 2.24) is 14.8 Å². The number of hydrogen-bond donors (Lipinski definition) is 2. The predicted octanol–water partition coefficient (Wildman–Crippen LogP) is 2.74. The van der Waals surface area contributed by atoms with E-state index in [9.17, 15) is 0 Å². The van der Waals surface area contributed by atoms with Gasteiger partial charge in [0.05, 0.1) is 0 Å². The Hall–Kier alpha value is -1.56. The minimum absolute atomic E-state index is 0.716. The van der Waals surface area contributed by atoms with E-state index in [1.54, 1.807) is 0 Å². The van der Waals surface area contributed by atoms with Gasteiger partial charge in [-0.3, -0.25) is 4.57 Å². The van der Waals surface area contributed by atoms with Gasteiger partial charge in [-0.25, -0.2) is 0 Å². The number of nitrogen functional groups attached to an aromatic ring is 1. The number of rotatable bonds is 4. The fourth-order valence-electron chi connectivity index (χ4n) is 1.77.